The van der Waals surface area contributed by atoms with Gasteiger partial charge in [-0.2, -0.15) is 0 Å². The summed E-state index contributed by atoms with van der Waals surface area (Å²) in [6.45, 7) is 4.34. The summed E-state index contributed by atoms with van der Waals surface area (Å²) in [7, 11) is 3.39. The van der Waals surface area contributed by atoms with Crippen LogP contribution in [0.25, 0.3) is 22.4 Å². The highest BCUT2D eigenvalue weighted by Gasteiger charge is 2.18. The molecule has 1 aromatic carbocycles. The SMILES string of the molecule is COCC(C)n1c(-c2cc(C)c(=O)n(C)c2)nc2ccc(C=O)cc21. The molecule has 6 heteroatoms. The van der Waals surface area contributed by atoms with Crippen LogP contribution in [0.4, 0.5) is 0 Å². The molecule has 3 rings (SSSR count). The van der Waals surface area contributed by atoms with Crippen LogP contribution < -0.4 is 5.56 Å². The van der Waals surface area contributed by atoms with E-state index in [2.05, 4.69) is 4.57 Å². The summed E-state index contributed by atoms with van der Waals surface area (Å²) in [6.07, 6.45) is 2.61. The molecule has 25 heavy (non-hydrogen) atoms. The van der Waals surface area contributed by atoms with Gasteiger partial charge < -0.3 is 13.9 Å². The third kappa shape index (κ3) is 3.00. The van der Waals surface area contributed by atoms with Gasteiger partial charge in [0.25, 0.3) is 5.56 Å². The highest BCUT2D eigenvalue weighted by molar-refractivity contribution is 5.87. The van der Waals surface area contributed by atoms with Crippen LogP contribution in [0.5, 0.6) is 0 Å². The molecule has 2 heterocycles. The Balaban J connectivity index is 2.32. The largest absolute Gasteiger partial charge is 0.383 e. The first-order chi connectivity index (χ1) is 12.0. The topological polar surface area (TPSA) is 66.1 Å². The van der Waals surface area contributed by atoms with E-state index in [4.69, 9.17) is 9.72 Å². The number of hydrogen-bond acceptors (Lipinski definition) is 4. The number of fused-ring (bicyclic) bond motifs is 1. The Morgan fingerprint density at radius 3 is 2.72 bits per heavy atom. The fourth-order valence-corrected chi connectivity index (χ4v) is 3.15. The average molecular weight is 339 g/mol. The average Bonchev–Trinajstić information content (AvgIpc) is 2.97. The van der Waals surface area contributed by atoms with Crippen LogP contribution in [0.1, 0.15) is 28.9 Å². The molecular formula is C19H21N3O3. The predicted octanol–water partition coefficient (Wildman–Crippen LogP) is 2.73. The Kier molecular flexibility index (Phi) is 4.55. The molecule has 0 saturated carbocycles. The summed E-state index contributed by atoms with van der Waals surface area (Å²) in [5.41, 5.74) is 3.75. The molecule has 0 saturated heterocycles. The van der Waals surface area contributed by atoms with Gasteiger partial charge in [-0.3, -0.25) is 9.59 Å². The van der Waals surface area contributed by atoms with Crippen molar-refractivity contribution in [1.82, 2.24) is 14.1 Å². The first kappa shape index (κ1) is 17.1. The van der Waals surface area contributed by atoms with E-state index < -0.39 is 0 Å². The second kappa shape index (κ2) is 6.64. The number of carbonyl (C=O) groups excluding carboxylic acids is 1. The lowest BCUT2D eigenvalue weighted by Gasteiger charge is -2.17. The Hall–Kier alpha value is -2.73. The van der Waals surface area contributed by atoms with E-state index in [1.807, 2.05) is 25.1 Å². The summed E-state index contributed by atoms with van der Waals surface area (Å²) in [4.78, 5) is 27.9. The van der Waals surface area contributed by atoms with Gasteiger partial charge in [-0.05, 0) is 38.1 Å². The zero-order valence-corrected chi connectivity index (χ0v) is 14.8. The third-order valence-corrected chi connectivity index (χ3v) is 4.32. The van der Waals surface area contributed by atoms with E-state index in [1.54, 1.807) is 37.9 Å². The van der Waals surface area contributed by atoms with Crippen LogP contribution in [-0.2, 0) is 11.8 Å². The minimum absolute atomic E-state index is 0.0180. The van der Waals surface area contributed by atoms with Crippen molar-refractivity contribution in [3.63, 3.8) is 0 Å². The molecule has 0 radical (unpaired) electrons. The summed E-state index contributed by atoms with van der Waals surface area (Å²) < 4.78 is 8.94. The fourth-order valence-electron chi connectivity index (χ4n) is 3.15. The van der Waals surface area contributed by atoms with Crippen molar-refractivity contribution in [2.24, 2.45) is 7.05 Å². The number of aryl methyl sites for hydroxylation is 2. The number of carbonyl (C=O) groups is 1. The maximum absolute atomic E-state index is 12.0. The van der Waals surface area contributed by atoms with E-state index in [9.17, 15) is 9.59 Å². The molecule has 0 aliphatic carbocycles. The van der Waals surface area contributed by atoms with Crippen molar-refractivity contribution in [2.75, 3.05) is 13.7 Å². The molecule has 2 aromatic heterocycles. The minimum Gasteiger partial charge on any atom is -0.383 e. The first-order valence-corrected chi connectivity index (χ1v) is 8.10. The number of ether oxygens (including phenoxy) is 1. The van der Waals surface area contributed by atoms with Crippen LogP contribution in [0, 0.1) is 6.92 Å². The molecule has 0 aliphatic rings. The molecule has 0 spiro atoms. The van der Waals surface area contributed by atoms with Crippen molar-refractivity contribution in [1.29, 1.82) is 0 Å². The summed E-state index contributed by atoms with van der Waals surface area (Å²) in [5, 5.41) is 0. The Morgan fingerprint density at radius 1 is 1.32 bits per heavy atom. The lowest BCUT2D eigenvalue weighted by Crippen LogP contribution is -2.19. The molecule has 3 aromatic rings. The minimum atomic E-state index is -0.0282. The molecule has 0 aliphatic heterocycles. The van der Waals surface area contributed by atoms with Crippen molar-refractivity contribution >= 4 is 17.3 Å². The molecule has 1 atom stereocenters. The monoisotopic (exact) mass is 339 g/mol. The molecular weight excluding hydrogens is 318 g/mol. The van der Waals surface area contributed by atoms with E-state index >= 15 is 0 Å². The molecule has 0 fully saturated rings. The van der Waals surface area contributed by atoms with Gasteiger partial charge >= 0.3 is 0 Å². The van der Waals surface area contributed by atoms with Crippen molar-refractivity contribution in [2.45, 2.75) is 19.9 Å². The molecule has 1 unspecified atom stereocenters. The lowest BCUT2D eigenvalue weighted by atomic mass is 10.2. The molecule has 0 amide bonds. The number of methoxy groups -OCH3 is 1. The van der Waals surface area contributed by atoms with Gasteiger partial charge in [0, 0.05) is 37.0 Å². The third-order valence-electron chi connectivity index (χ3n) is 4.32. The highest BCUT2D eigenvalue weighted by atomic mass is 16.5. The van der Waals surface area contributed by atoms with Crippen molar-refractivity contribution < 1.29 is 9.53 Å². The number of aromatic nitrogens is 3. The van der Waals surface area contributed by atoms with E-state index in [-0.39, 0.29) is 11.6 Å². The van der Waals surface area contributed by atoms with Gasteiger partial charge in [-0.15, -0.1) is 0 Å². The number of hydrogen-bond donors (Lipinski definition) is 0. The zero-order chi connectivity index (χ0) is 18.1. The summed E-state index contributed by atoms with van der Waals surface area (Å²) in [5.74, 6) is 0.751. The van der Waals surface area contributed by atoms with Gasteiger partial charge in [0.2, 0.25) is 0 Å². The first-order valence-electron chi connectivity index (χ1n) is 8.10. The normalized spacial score (nSPS) is 12.5. The summed E-state index contributed by atoms with van der Waals surface area (Å²) >= 11 is 0. The predicted molar refractivity (Wildman–Crippen MR) is 97.1 cm³/mol. The maximum Gasteiger partial charge on any atom is 0.253 e. The van der Waals surface area contributed by atoms with E-state index in [0.29, 0.717) is 17.7 Å². The molecule has 0 bridgehead atoms. The zero-order valence-electron chi connectivity index (χ0n) is 14.8. The van der Waals surface area contributed by atoms with Crippen molar-refractivity contribution in [3.8, 4) is 11.4 Å². The Labute approximate surface area is 145 Å². The Morgan fingerprint density at radius 2 is 2.08 bits per heavy atom. The van der Waals surface area contributed by atoms with Crippen LogP contribution in [-0.4, -0.2) is 34.1 Å². The maximum atomic E-state index is 12.0. The fraction of sp³-hybridized carbons (Fsp3) is 0.316. The smallest absolute Gasteiger partial charge is 0.253 e. The standard InChI is InChI=1S/C19H21N3O3/c1-12-7-15(9-21(3)19(12)24)18-20-16-6-5-14(10-23)8-17(16)22(18)13(2)11-25-4/h5-10,13H,11H2,1-4H3. The highest BCUT2D eigenvalue weighted by Crippen LogP contribution is 2.29. The quantitative estimate of drug-likeness (QED) is 0.671. The van der Waals surface area contributed by atoms with Gasteiger partial charge in [0.05, 0.1) is 23.7 Å². The number of imidazole rings is 1. The van der Waals surface area contributed by atoms with E-state index in [1.165, 1.54) is 0 Å². The molecule has 6 nitrogen and oxygen atoms in total. The van der Waals surface area contributed by atoms with Crippen LogP contribution >= 0.6 is 0 Å². The van der Waals surface area contributed by atoms with Crippen molar-refractivity contribution in [3.05, 3.63) is 51.9 Å². The number of nitrogens with zero attached hydrogens (tertiary/aromatic N) is 3. The van der Waals surface area contributed by atoms with Crippen LogP contribution in [0.2, 0.25) is 0 Å². The lowest BCUT2D eigenvalue weighted by molar-refractivity contribution is 0.112. The van der Waals surface area contributed by atoms with Gasteiger partial charge in [-0.25, -0.2) is 4.98 Å². The number of pyridine rings is 1. The second-order valence-corrected chi connectivity index (χ2v) is 6.30. The van der Waals surface area contributed by atoms with Gasteiger partial charge in [0.15, 0.2) is 0 Å². The number of aldehydes is 1. The van der Waals surface area contributed by atoms with Gasteiger partial charge in [0.1, 0.15) is 12.1 Å². The van der Waals surface area contributed by atoms with E-state index in [0.717, 1.165) is 28.7 Å². The number of rotatable bonds is 5. The van der Waals surface area contributed by atoms with Crippen LogP contribution in [0.15, 0.2) is 35.3 Å². The second-order valence-electron chi connectivity index (χ2n) is 6.30. The molecule has 130 valence electrons. The molecule has 0 N–H and O–H groups in total. The number of benzene rings is 1. The Bertz CT molecular complexity index is 975. The van der Waals surface area contributed by atoms with Crippen LogP contribution in [0.3, 0.4) is 0 Å². The van der Waals surface area contributed by atoms with Gasteiger partial charge in [-0.1, -0.05) is 0 Å². The summed E-state index contributed by atoms with van der Waals surface area (Å²) in [6, 6.07) is 7.29.